The molecular weight excluding hydrogens is 222 g/mol. The van der Waals surface area contributed by atoms with E-state index >= 15 is 0 Å². The molecule has 0 aromatic carbocycles. The van der Waals surface area contributed by atoms with Gasteiger partial charge in [-0.25, -0.2) is 0 Å². The van der Waals surface area contributed by atoms with Crippen LogP contribution in [0.2, 0.25) is 0 Å². The van der Waals surface area contributed by atoms with Crippen molar-refractivity contribution >= 4 is 23.3 Å². The lowest BCUT2D eigenvalue weighted by Crippen LogP contribution is -2.11. The van der Waals surface area contributed by atoms with E-state index in [0.717, 1.165) is 24.1 Å². The molecule has 1 aromatic heterocycles. The molecule has 0 bridgehead atoms. The molecular formula is C11H13N3OS. The Bertz CT molecular complexity index is 486. The van der Waals surface area contributed by atoms with Crippen molar-refractivity contribution in [2.45, 2.75) is 33.2 Å². The maximum absolute atomic E-state index is 11.8. The van der Waals surface area contributed by atoms with Crippen LogP contribution in [0.1, 0.15) is 35.6 Å². The number of aromatic nitrogens is 2. The summed E-state index contributed by atoms with van der Waals surface area (Å²) in [6.07, 6.45) is 1.85. The van der Waals surface area contributed by atoms with Gasteiger partial charge < -0.3 is 0 Å². The number of carbonyl (C=O) groups is 1. The monoisotopic (exact) mass is 235 g/mol. The summed E-state index contributed by atoms with van der Waals surface area (Å²) < 4.78 is 1.72. The lowest BCUT2D eigenvalue weighted by Gasteiger charge is -2.04. The molecule has 0 spiro atoms. The van der Waals surface area contributed by atoms with Crippen LogP contribution in [-0.2, 0) is 19.4 Å². The molecule has 1 atom stereocenters. The largest absolute Gasteiger partial charge is 0.304 e. The van der Waals surface area contributed by atoms with Gasteiger partial charge in [-0.1, -0.05) is 6.92 Å². The first kappa shape index (κ1) is 11.2. The summed E-state index contributed by atoms with van der Waals surface area (Å²) in [7, 11) is 0. The molecule has 16 heavy (non-hydrogen) atoms. The van der Waals surface area contributed by atoms with Gasteiger partial charge in [-0.15, -0.1) is 0 Å². The molecule has 84 valence electrons. The number of hydrogen-bond donors (Lipinski definition) is 0. The van der Waals surface area contributed by atoms with E-state index in [1.165, 1.54) is 0 Å². The van der Waals surface area contributed by atoms with Crippen LogP contribution in [0.25, 0.3) is 0 Å². The molecule has 1 amide bonds. The van der Waals surface area contributed by atoms with Crippen molar-refractivity contribution in [1.82, 2.24) is 9.78 Å². The molecule has 1 heterocycles. The highest BCUT2D eigenvalue weighted by Crippen LogP contribution is 2.29. The lowest BCUT2D eigenvalue weighted by atomic mass is 10.1. The van der Waals surface area contributed by atoms with E-state index in [1.54, 1.807) is 4.68 Å². The van der Waals surface area contributed by atoms with Crippen molar-refractivity contribution in [2.24, 2.45) is 10.9 Å². The summed E-state index contributed by atoms with van der Waals surface area (Å²) in [4.78, 5) is 15.3. The third-order valence-corrected chi connectivity index (χ3v) is 2.97. The van der Waals surface area contributed by atoms with Crippen LogP contribution in [0.3, 0.4) is 0 Å². The topological polar surface area (TPSA) is 47.2 Å². The van der Waals surface area contributed by atoms with Crippen molar-refractivity contribution < 1.29 is 4.79 Å². The average molecular weight is 235 g/mol. The van der Waals surface area contributed by atoms with E-state index < -0.39 is 0 Å². The van der Waals surface area contributed by atoms with Crippen molar-refractivity contribution in [1.29, 1.82) is 0 Å². The minimum atomic E-state index is -0.320. The summed E-state index contributed by atoms with van der Waals surface area (Å²) in [5.74, 6) is 0.242. The predicted molar refractivity (Wildman–Crippen MR) is 63.8 cm³/mol. The predicted octanol–water partition coefficient (Wildman–Crippen LogP) is 1.88. The number of fused-ring (bicyclic) bond motifs is 1. The van der Waals surface area contributed by atoms with Crippen LogP contribution < -0.4 is 0 Å². The molecule has 1 unspecified atom stereocenters. The van der Waals surface area contributed by atoms with Gasteiger partial charge in [0.05, 0.1) is 10.9 Å². The fourth-order valence-electron chi connectivity index (χ4n) is 2.24. The summed E-state index contributed by atoms with van der Waals surface area (Å²) in [5.41, 5.74) is 2.69. The van der Waals surface area contributed by atoms with Crippen molar-refractivity contribution in [3.63, 3.8) is 0 Å². The van der Waals surface area contributed by atoms with Gasteiger partial charge >= 0.3 is 5.91 Å². The maximum Gasteiger partial charge on any atom is 0.304 e. The van der Waals surface area contributed by atoms with E-state index in [9.17, 15) is 4.79 Å². The van der Waals surface area contributed by atoms with Crippen molar-refractivity contribution in [3.05, 3.63) is 17.0 Å². The number of hydrogen-bond acceptors (Lipinski definition) is 3. The van der Waals surface area contributed by atoms with Gasteiger partial charge in [0.1, 0.15) is 5.69 Å². The zero-order valence-corrected chi connectivity index (χ0v) is 10.2. The Kier molecular flexibility index (Phi) is 2.99. The summed E-state index contributed by atoms with van der Waals surface area (Å²) >= 11 is 4.47. The zero-order chi connectivity index (χ0) is 11.7. The number of carbonyl (C=O) groups excluding carboxylic acids is 1. The fourth-order valence-corrected chi connectivity index (χ4v) is 2.32. The second-order valence-corrected chi connectivity index (χ2v) is 4.29. The van der Waals surface area contributed by atoms with Gasteiger partial charge in [-0.3, -0.25) is 9.48 Å². The summed E-state index contributed by atoms with van der Waals surface area (Å²) in [6, 6.07) is 0. The number of amides is 1. The fraction of sp³-hybridized carbons (Fsp3) is 0.545. The molecule has 1 aliphatic carbocycles. The highest BCUT2D eigenvalue weighted by Gasteiger charge is 2.29. The molecule has 2 rings (SSSR count). The number of rotatable bonds is 2. The highest BCUT2D eigenvalue weighted by molar-refractivity contribution is 7.78. The molecule has 0 saturated carbocycles. The van der Waals surface area contributed by atoms with E-state index in [-0.39, 0.29) is 5.91 Å². The minimum Gasteiger partial charge on any atom is -0.264 e. The minimum absolute atomic E-state index is 0.320. The number of aryl methyl sites for hydroxylation is 1. The van der Waals surface area contributed by atoms with E-state index in [2.05, 4.69) is 34.4 Å². The van der Waals surface area contributed by atoms with Crippen LogP contribution in [0.5, 0.6) is 0 Å². The highest BCUT2D eigenvalue weighted by atomic mass is 32.1. The van der Waals surface area contributed by atoms with Crippen LogP contribution >= 0.6 is 12.2 Å². The van der Waals surface area contributed by atoms with Gasteiger partial charge in [0, 0.05) is 12.1 Å². The normalized spacial score (nSPS) is 18.0. The standard InChI is InChI=1S/C11H13N3OS/c1-3-14-10(11(15)12-6-16)8-4-7(2)5-9(8)13-14/h7H,3-5H2,1-2H3. The first-order valence-corrected chi connectivity index (χ1v) is 5.79. The average Bonchev–Trinajstić information content (AvgIpc) is 2.72. The molecule has 0 saturated heterocycles. The maximum atomic E-state index is 11.8. The smallest absolute Gasteiger partial charge is 0.264 e. The zero-order valence-electron chi connectivity index (χ0n) is 9.36. The molecule has 1 aromatic rings. The van der Waals surface area contributed by atoms with E-state index in [0.29, 0.717) is 18.2 Å². The van der Waals surface area contributed by atoms with Crippen LogP contribution in [0, 0.1) is 5.92 Å². The van der Waals surface area contributed by atoms with Gasteiger partial charge in [-0.2, -0.15) is 10.1 Å². The second-order valence-electron chi connectivity index (χ2n) is 4.11. The number of thiocarbonyl (C=S) groups is 1. The Balaban J connectivity index is 2.50. The molecule has 0 N–H and O–H groups in total. The third kappa shape index (κ3) is 1.72. The Morgan fingerprint density at radius 3 is 3.06 bits per heavy atom. The Morgan fingerprint density at radius 2 is 2.44 bits per heavy atom. The van der Waals surface area contributed by atoms with Gasteiger partial charge in [0.25, 0.3) is 0 Å². The van der Waals surface area contributed by atoms with E-state index in [4.69, 9.17) is 0 Å². The van der Waals surface area contributed by atoms with Crippen molar-refractivity contribution in [3.8, 4) is 0 Å². The number of aliphatic imine (C=N–C) groups is 1. The Labute approximate surface area is 99.4 Å². The Hall–Kier alpha value is -1.32. The molecule has 0 radical (unpaired) electrons. The summed E-state index contributed by atoms with van der Waals surface area (Å²) in [5, 5.41) is 6.56. The summed E-state index contributed by atoms with van der Waals surface area (Å²) in [6.45, 7) is 4.80. The number of nitrogens with zero attached hydrogens (tertiary/aromatic N) is 3. The first-order valence-electron chi connectivity index (χ1n) is 5.38. The molecule has 4 nitrogen and oxygen atoms in total. The van der Waals surface area contributed by atoms with Crippen LogP contribution in [0.15, 0.2) is 4.99 Å². The van der Waals surface area contributed by atoms with E-state index in [1.807, 2.05) is 6.92 Å². The molecule has 1 aliphatic rings. The van der Waals surface area contributed by atoms with Crippen LogP contribution in [0.4, 0.5) is 0 Å². The molecule has 0 aliphatic heterocycles. The number of isothiocyanates is 1. The van der Waals surface area contributed by atoms with Gasteiger partial charge in [0.2, 0.25) is 0 Å². The molecule has 5 heteroatoms. The third-order valence-electron chi connectivity index (χ3n) is 2.88. The Morgan fingerprint density at radius 1 is 1.69 bits per heavy atom. The quantitative estimate of drug-likeness (QED) is 0.581. The lowest BCUT2D eigenvalue weighted by molar-refractivity contribution is 0.0992. The SMILES string of the molecule is CCn1nc2c(c1C(=O)N=C=S)CC(C)C2. The van der Waals surface area contributed by atoms with Crippen molar-refractivity contribution in [2.75, 3.05) is 0 Å². The second kappa shape index (κ2) is 4.28. The molecule has 0 fully saturated rings. The first-order chi connectivity index (χ1) is 7.67. The van der Waals surface area contributed by atoms with Gasteiger partial charge in [0.15, 0.2) is 0 Å². The van der Waals surface area contributed by atoms with Crippen LogP contribution in [-0.4, -0.2) is 20.8 Å². The van der Waals surface area contributed by atoms with Gasteiger partial charge in [-0.05, 0) is 37.9 Å².